The van der Waals surface area contributed by atoms with Crippen molar-refractivity contribution in [3.63, 3.8) is 0 Å². The summed E-state index contributed by atoms with van der Waals surface area (Å²) in [5, 5.41) is 10.5. The number of anilines is 3. The molecule has 0 spiro atoms. The van der Waals surface area contributed by atoms with Gasteiger partial charge in [0.05, 0.1) is 5.56 Å². The number of nitrogens with zero attached hydrogens (tertiary/aromatic N) is 6. The average molecular weight is 641 g/mol. The lowest BCUT2D eigenvalue weighted by atomic mass is 10.0. The van der Waals surface area contributed by atoms with Gasteiger partial charge in [-0.1, -0.05) is 23.2 Å². The number of fused-ring (bicyclic) bond motifs is 1. The molecular formula is C30H35Cl2N9O3. The molecule has 0 radical (unpaired) electrons. The highest BCUT2D eigenvalue weighted by Gasteiger charge is 2.20. The van der Waals surface area contributed by atoms with Crippen molar-refractivity contribution in [2.75, 3.05) is 70.4 Å². The van der Waals surface area contributed by atoms with E-state index >= 15 is 0 Å². The first-order chi connectivity index (χ1) is 21.1. The minimum absolute atomic E-state index is 0.208. The van der Waals surface area contributed by atoms with Crippen LogP contribution in [0.1, 0.15) is 23.2 Å². The standard InChI is InChI=1S/C30H35Cl2N9O3/c1-39(2)12-9-33-30-34-17-19-13-23(29(43)41(44-4)27(19)38-30)22-16-21(5-6-24(22)31)36-28(42)18-14-25(32)37-26(15-18)35-20-7-10-40(3)11-8-20/h5-6,13-17,20H,7-12H2,1-4H3,(H,35,37)(H,36,42)(H,33,34,38). The van der Waals surface area contributed by atoms with Gasteiger partial charge in [-0.3, -0.25) is 9.59 Å². The predicted molar refractivity (Wildman–Crippen MR) is 175 cm³/mol. The maximum atomic E-state index is 13.6. The topological polar surface area (TPSA) is 130 Å². The number of aromatic nitrogens is 4. The van der Waals surface area contributed by atoms with Crippen LogP contribution in [0, 0.1) is 0 Å². The second kappa shape index (κ2) is 13.8. The monoisotopic (exact) mass is 639 g/mol. The van der Waals surface area contributed by atoms with E-state index in [9.17, 15) is 9.59 Å². The fourth-order valence-electron chi connectivity index (χ4n) is 4.98. The summed E-state index contributed by atoms with van der Waals surface area (Å²) in [6, 6.07) is 10.0. The molecule has 5 rings (SSSR count). The van der Waals surface area contributed by atoms with Crippen molar-refractivity contribution in [1.82, 2.24) is 29.5 Å². The Morgan fingerprint density at radius 3 is 2.59 bits per heavy atom. The van der Waals surface area contributed by atoms with Crippen LogP contribution in [-0.2, 0) is 0 Å². The second-order valence-corrected chi connectivity index (χ2v) is 11.8. The number of likely N-dealkylation sites (N-methyl/N-ethyl adjacent to an activating group) is 1. The van der Waals surface area contributed by atoms with Gasteiger partial charge in [0.2, 0.25) is 5.95 Å². The molecule has 4 aromatic rings. The summed E-state index contributed by atoms with van der Waals surface area (Å²) in [5.41, 5.74) is 1.29. The fraction of sp³-hybridized carbons (Fsp3) is 0.367. The molecule has 3 aromatic heterocycles. The van der Waals surface area contributed by atoms with Crippen molar-refractivity contribution in [1.29, 1.82) is 0 Å². The summed E-state index contributed by atoms with van der Waals surface area (Å²) in [5.74, 6) is 0.536. The highest BCUT2D eigenvalue weighted by molar-refractivity contribution is 6.33. The Morgan fingerprint density at radius 1 is 1.09 bits per heavy atom. The van der Waals surface area contributed by atoms with Gasteiger partial charge in [0.1, 0.15) is 18.1 Å². The van der Waals surface area contributed by atoms with Crippen LogP contribution in [0.15, 0.2) is 47.4 Å². The zero-order valence-electron chi connectivity index (χ0n) is 25.0. The van der Waals surface area contributed by atoms with Gasteiger partial charge in [-0.2, -0.15) is 4.98 Å². The van der Waals surface area contributed by atoms with Gasteiger partial charge < -0.3 is 30.6 Å². The minimum Gasteiger partial charge on any atom is -0.412 e. The third kappa shape index (κ3) is 7.39. The lowest BCUT2D eigenvalue weighted by Crippen LogP contribution is -2.36. The molecule has 0 unspecified atom stereocenters. The highest BCUT2D eigenvalue weighted by Crippen LogP contribution is 2.31. The Kier molecular flexibility index (Phi) is 9.84. The molecule has 0 atom stereocenters. The van der Waals surface area contributed by atoms with Crippen LogP contribution in [0.4, 0.5) is 17.5 Å². The number of hydrogen-bond acceptors (Lipinski definition) is 10. The maximum absolute atomic E-state index is 13.6. The maximum Gasteiger partial charge on any atom is 0.293 e. The summed E-state index contributed by atoms with van der Waals surface area (Å²) in [4.78, 5) is 49.8. The second-order valence-electron chi connectivity index (χ2n) is 11.0. The SMILES string of the molecule is COn1c(=O)c(-c2cc(NC(=O)c3cc(Cl)nc(NC4CCN(C)CC4)c3)ccc2Cl)cc2cnc(NCCN(C)C)nc21. The molecule has 1 aliphatic heterocycles. The van der Waals surface area contributed by atoms with Crippen LogP contribution >= 0.6 is 23.2 Å². The van der Waals surface area contributed by atoms with E-state index in [4.69, 9.17) is 28.0 Å². The summed E-state index contributed by atoms with van der Waals surface area (Å²) < 4.78 is 1.10. The van der Waals surface area contributed by atoms with Gasteiger partial charge >= 0.3 is 0 Å². The Balaban J connectivity index is 1.40. The van der Waals surface area contributed by atoms with Gasteiger partial charge in [-0.05, 0) is 83.5 Å². The molecule has 232 valence electrons. The van der Waals surface area contributed by atoms with Crippen LogP contribution < -0.4 is 26.3 Å². The molecule has 3 N–H and O–H groups in total. The first-order valence-electron chi connectivity index (χ1n) is 14.2. The third-order valence-electron chi connectivity index (χ3n) is 7.37. The lowest BCUT2D eigenvalue weighted by molar-refractivity contribution is 0.102. The van der Waals surface area contributed by atoms with Crippen molar-refractivity contribution >= 4 is 57.6 Å². The number of carbonyl (C=O) groups is 1. The molecule has 12 nitrogen and oxygen atoms in total. The fourth-order valence-corrected chi connectivity index (χ4v) is 5.41. The number of piperidine rings is 1. The normalized spacial score (nSPS) is 14.2. The van der Waals surface area contributed by atoms with Crippen LogP contribution in [0.25, 0.3) is 22.2 Å². The lowest BCUT2D eigenvalue weighted by Gasteiger charge is -2.29. The molecule has 0 aliphatic carbocycles. The van der Waals surface area contributed by atoms with Crippen molar-refractivity contribution in [2.45, 2.75) is 18.9 Å². The average Bonchev–Trinajstić information content (AvgIpc) is 2.98. The number of carbonyl (C=O) groups excluding carboxylic acids is 1. The van der Waals surface area contributed by atoms with Crippen molar-refractivity contribution < 1.29 is 9.63 Å². The zero-order valence-corrected chi connectivity index (χ0v) is 26.5. The highest BCUT2D eigenvalue weighted by atomic mass is 35.5. The molecule has 4 heterocycles. The number of pyridine rings is 2. The van der Waals surface area contributed by atoms with E-state index < -0.39 is 5.56 Å². The number of rotatable bonds is 10. The van der Waals surface area contributed by atoms with Gasteiger partial charge in [-0.25, -0.2) is 9.97 Å². The predicted octanol–water partition coefficient (Wildman–Crippen LogP) is 3.95. The van der Waals surface area contributed by atoms with E-state index in [1.807, 2.05) is 19.0 Å². The quantitative estimate of drug-likeness (QED) is 0.219. The number of halogens is 2. The molecule has 1 amide bonds. The van der Waals surface area contributed by atoms with Gasteiger partial charge in [0.15, 0.2) is 5.65 Å². The van der Waals surface area contributed by atoms with Crippen LogP contribution in [0.2, 0.25) is 10.2 Å². The van der Waals surface area contributed by atoms with E-state index in [2.05, 4.69) is 42.8 Å². The van der Waals surface area contributed by atoms with Crippen molar-refractivity contribution in [3.8, 4) is 11.1 Å². The molecule has 1 fully saturated rings. The van der Waals surface area contributed by atoms with Crippen LogP contribution in [-0.4, -0.2) is 95.9 Å². The number of amides is 1. The first-order valence-corrected chi connectivity index (χ1v) is 15.0. The number of benzene rings is 1. The number of hydrogen-bond donors (Lipinski definition) is 3. The van der Waals surface area contributed by atoms with E-state index in [1.165, 1.54) is 13.2 Å². The number of likely N-dealkylation sites (tertiary alicyclic amines) is 1. The third-order valence-corrected chi connectivity index (χ3v) is 7.89. The van der Waals surface area contributed by atoms with E-state index in [-0.39, 0.29) is 22.7 Å². The van der Waals surface area contributed by atoms with Gasteiger partial charge in [0, 0.05) is 52.6 Å². The molecular weight excluding hydrogens is 605 g/mol. The van der Waals surface area contributed by atoms with Crippen molar-refractivity contribution in [3.05, 3.63) is 68.7 Å². The molecule has 44 heavy (non-hydrogen) atoms. The van der Waals surface area contributed by atoms with Crippen LogP contribution in [0.5, 0.6) is 0 Å². The molecule has 14 heteroatoms. The van der Waals surface area contributed by atoms with Gasteiger partial charge in [-0.15, -0.1) is 4.73 Å². The summed E-state index contributed by atoms with van der Waals surface area (Å²) in [7, 11) is 7.43. The Labute approximate surface area is 265 Å². The first kappa shape index (κ1) is 31.5. The van der Waals surface area contributed by atoms with E-state index in [0.29, 0.717) is 51.2 Å². The Bertz CT molecular complexity index is 1720. The number of nitrogens with one attached hydrogen (secondary N) is 3. The molecule has 0 bridgehead atoms. The largest absolute Gasteiger partial charge is 0.412 e. The molecule has 0 saturated carbocycles. The van der Waals surface area contributed by atoms with E-state index in [0.717, 1.165) is 37.2 Å². The Hall–Kier alpha value is -3.97. The smallest absolute Gasteiger partial charge is 0.293 e. The summed E-state index contributed by atoms with van der Waals surface area (Å²) >= 11 is 12.9. The molecule has 1 aromatic carbocycles. The minimum atomic E-state index is -0.464. The Morgan fingerprint density at radius 2 is 1.86 bits per heavy atom. The summed E-state index contributed by atoms with van der Waals surface area (Å²) in [6.45, 7) is 3.39. The van der Waals surface area contributed by atoms with Crippen LogP contribution in [0.3, 0.4) is 0 Å². The van der Waals surface area contributed by atoms with Crippen molar-refractivity contribution in [2.24, 2.45) is 0 Å². The molecule has 1 aliphatic rings. The van der Waals surface area contributed by atoms with E-state index in [1.54, 1.807) is 36.5 Å². The summed E-state index contributed by atoms with van der Waals surface area (Å²) in [6.07, 6.45) is 3.56. The van der Waals surface area contributed by atoms with Gasteiger partial charge in [0.25, 0.3) is 11.5 Å². The molecule has 1 saturated heterocycles. The zero-order chi connectivity index (χ0) is 31.4.